The predicted octanol–water partition coefficient (Wildman–Crippen LogP) is 2.63. The summed E-state index contributed by atoms with van der Waals surface area (Å²) in [5.41, 5.74) is 7.50. The Bertz CT molecular complexity index is 616. The fourth-order valence-corrected chi connectivity index (χ4v) is 3.34. The molecule has 0 aliphatic heterocycles. The monoisotopic (exact) mass is 289 g/mol. The molecular formula is C15H23N5O. The van der Waals surface area contributed by atoms with Crippen LogP contribution in [0.15, 0.2) is 6.33 Å². The molecule has 2 heterocycles. The van der Waals surface area contributed by atoms with Crippen LogP contribution in [0, 0.1) is 11.8 Å². The van der Waals surface area contributed by atoms with Gasteiger partial charge in [-0.1, -0.05) is 26.2 Å². The topological polar surface area (TPSA) is 78.9 Å². The quantitative estimate of drug-likeness (QED) is 0.936. The number of rotatable bonds is 4. The second-order valence-corrected chi connectivity index (χ2v) is 5.93. The van der Waals surface area contributed by atoms with Gasteiger partial charge in [-0.25, -0.2) is 9.97 Å². The van der Waals surface area contributed by atoms with Crippen LogP contribution in [0.1, 0.15) is 39.0 Å². The lowest BCUT2D eigenvalue weighted by atomic mass is 9.81. The highest BCUT2D eigenvalue weighted by atomic mass is 16.5. The molecule has 0 aromatic carbocycles. The molecule has 0 saturated heterocycles. The Hall–Kier alpha value is -1.85. The van der Waals surface area contributed by atoms with Gasteiger partial charge in [-0.05, 0) is 24.7 Å². The number of hydrogen-bond donors (Lipinski definition) is 1. The van der Waals surface area contributed by atoms with Crippen LogP contribution >= 0.6 is 0 Å². The van der Waals surface area contributed by atoms with E-state index >= 15 is 0 Å². The van der Waals surface area contributed by atoms with E-state index in [1.54, 1.807) is 7.11 Å². The molecule has 2 aromatic heterocycles. The zero-order chi connectivity index (χ0) is 14.8. The van der Waals surface area contributed by atoms with Gasteiger partial charge in [0.05, 0.1) is 7.11 Å². The zero-order valence-electron chi connectivity index (χ0n) is 12.7. The Morgan fingerprint density at radius 1 is 1.24 bits per heavy atom. The summed E-state index contributed by atoms with van der Waals surface area (Å²) in [7, 11) is 1.59. The minimum atomic E-state index is 0.486. The van der Waals surface area contributed by atoms with Gasteiger partial charge in [-0.3, -0.25) is 4.57 Å². The van der Waals surface area contributed by atoms with E-state index in [1.807, 2.05) is 4.57 Å². The van der Waals surface area contributed by atoms with Crippen LogP contribution in [-0.4, -0.2) is 26.6 Å². The number of anilines is 1. The van der Waals surface area contributed by atoms with Crippen molar-refractivity contribution in [2.45, 2.75) is 45.6 Å². The Balaban J connectivity index is 1.83. The van der Waals surface area contributed by atoms with E-state index in [0.29, 0.717) is 23.3 Å². The fraction of sp³-hybridized carbons (Fsp3) is 0.667. The van der Waals surface area contributed by atoms with E-state index < -0.39 is 0 Å². The second kappa shape index (κ2) is 5.87. The number of aromatic nitrogens is 4. The average molecular weight is 289 g/mol. The molecule has 0 bridgehead atoms. The predicted molar refractivity (Wildman–Crippen MR) is 82.0 cm³/mol. The van der Waals surface area contributed by atoms with Crippen LogP contribution in [-0.2, 0) is 6.54 Å². The van der Waals surface area contributed by atoms with Crippen molar-refractivity contribution >= 4 is 17.1 Å². The van der Waals surface area contributed by atoms with E-state index in [9.17, 15) is 0 Å². The first-order valence-electron chi connectivity index (χ1n) is 7.73. The molecule has 1 saturated carbocycles. The summed E-state index contributed by atoms with van der Waals surface area (Å²) < 4.78 is 7.24. The van der Waals surface area contributed by atoms with E-state index in [-0.39, 0.29) is 0 Å². The van der Waals surface area contributed by atoms with Gasteiger partial charge >= 0.3 is 0 Å². The molecule has 6 nitrogen and oxygen atoms in total. The van der Waals surface area contributed by atoms with Gasteiger partial charge in [0.1, 0.15) is 6.33 Å². The molecule has 0 atom stereocenters. The van der Waals surface area contributed by atoms with Crippen molar-refractivity contribution in [3.05, 3.63) is 6.33 Å². The first-order chi connectivity index (χ1) is 10.2. The number of nitrogen functional groups attached to an aromatic ring is 1. The van der Waals surface area contributed by atoms with E-state index in [2.05, 4.69) is 21.9 Å². The second-order valence-electron chi connectivity index (χ2n) is 5.93. The summed E-state index contributed by atoms with van der Waals surface area (Å²) in [6, 6.07) is 0. The lowest BCUT2D eigenvalue weighted by Crippen LogP contribution is -2.19. The number of fused-ring (bicyclic) bond motifs is 1. The molecule has 1 fully saturated rings. The molecule has 2 aromatic rings. The van der Waals surface area contributed by atoms with Gasteiger partial charge in [0.2, 0.25) is 11.8 Å². The normalized spacial score (nSPS) is 22.6. The Labute approximate surface area is 124 Å². The van der Waals surface area contributed by atoms with Crippen molar-refractivity contribution in [2.24, 2.45) is 11.8 Å². The maximum atomic E-state index is 6.08. The Morgan fingerprint density at radius 3 is 2.62 bits per heavy atom. The molecule has 0 radical (unpaired) electrons. The molecule has 1 aliphatic rings. The van der Waals surface area contributed by atoms with Gasteiger partial charge < -0.3 is 10.5 Å². The maximum absolute atomic E-state index is 6.08. The van der Waals surface area contributed by atoms with Crippen LogP contribution in [0.25, 0.3) is 11.2 Å². The number of methoxy groups -OCH3 is 1. The van der Waals surface area contributed by atoms with E-state index in [1.165, 1.54) is 38.4 Å². The highest BCUT2D eigenvalue weighted by Gasteiger charge is 2.23. The highest BCUT2D eigenvalue weighted by Crippen LogP contribution is 2.33. The summed E-state index contributed by atoms with van der Waals surface area (Å²) in [6.07, 6.45) is 7.98. The van der Waals surface area contributed by atoms with Crippen LogP contribution in [0.3, 0.4) is 0 Å². The van der Waals surface area contributed by atoms with Crippen LogP contribution in [0.2, 0.25) is 0 Å². The van der Waals surface area contributed by atoms with Gasteiger partial charge in [0, 0.05) is 6.54 Å². The first-order valence-corrected chi connectivity index (χ1v) is 7.73. The summed E-state index contributed by atoms with van der Waals surface area (Å²) in [4.78, 5) is 12.8. The highest BCUT2D eigenvalue weighted by molar-refractivity contribution is 5.78. The summed E-state index contributed by atoms with van der Waals surface area (Å²) >= 11 is 0. The van der Waals surface area contributed by atoms with E-state index in [0.717, 1.165) is 18.1 Å². The number of hydrogen-bond acceptors (Lipinski definition) is 5. The lowest BCUT2D eigenvalue weighted by molar-refractivity contribution is 0.250. The average Bonchev–Trinajstić information content (AvgIpc) is 2.84. The third-order valence-electron chi connectivity index (χ3n) is 4.71. The minimum absolute atomic E-state index is 0.486. The number of nitrogens with two attached hydrogens (primary N) is 1. The Morgan fingerprint density at radius 2 is 1.95 bits per heavy atom. The van der Waals surface area contributed by atoms with Crippen LogP contribution < -0.4 is 10.5 Å². The fourth-order valence-electron chi connectivity index (χ4n) is 3.34. The SMILES string of the molecule is CCC1CCC(Cn2c(N)nc3c(OC)ncnc32)CC1. The van der Waals surface area contributed by atoms with Gasteiger partial charge in [0.15, 0.2) is 11.2 Å². The number of nitrogens with zero attached hydrogens (tertiary/aromatic N) is 4. The number of ether oxygens (including phenoxy) is 1. The molecule has 114 valence electrons. The first kappa shape index (κ1) is 14.1. The van der Waals surface area contributed by atoms with Crippen molar-refractivity contribution in [3.8, 4) is 5.88 Å². The van der Waals surface area contributed by atoms with Crippen molar-refractivity contribution < 1.29 is 4.74 Å². The van der Waals surface area contributed by atoms with Gasteiger partial charge in [0.25, 0.3) is 0 Å². The molecule has 3 rings (SSSR count). The minimum Gasteiger partial charge on any atom is -0.479 e. The van der Waals surface area contributed by atoms with Crippen molar-refractivity contribution in [3.63, 3.8) is 0 Å². The van der Waals surface area contributed by atoms with Crippen molar-refractivity contribution in [2.75, 3.05) is 12.8 Å². The van der Waals surface area contributed by atoms with Crippen LogP contribution in [0.4, 0.5) is 5.95 Å². The summed E-state index contributed by atoms with van der Waals surface area (Å²) in [5, 5.41) is 0. The standard InChI is InChI=1S/C15H23N5O/c1-3-10-4-6-11(7-5-10)8-20-13-12(19-15(20)16)14(21-2)18-9-17-13/h9-11H,3-8H2,1-2H3,(H2,16,19). The van der Waals surface area contributed by atoms with Crippen molar-refractivity contribution in [1.29, 1.82) is 0 Å². The molecule has 6 heteroatoms. The third kappa shape index (κ3) is 2.66. The Kier molecular flexibility index (Phi) is 3.94. The molecule has 2 N–H and O–H groups in total. The van der Waals surface area contributed by atoms with Crippen LogP contribution in [0.5, 0.6) is 5.88 Å². The molecular weight excluding hydrogens is 266 g/mol. The summed E-state index contributed by atoms with van der Waals surface area (Å²) in [5.74, 6) is 2.55. The van der Waals surface area contributed by atoms with Gasteiger partial charge in [-0.2, -0.15) is 4.98 Å². The van der Waals surface area contributed by atoms with Crippen molar-refractivity contribution in [1.82, 2.24) is 19.5 Å². The zero-order valence-corrected chi connectivity index (χ0v) is 12.7. The molecule has 21 heavy (non-hydrogen) atoms. The maximum Gasteiger partial charge on any atom is 0.245 e. The van der Waals surface area contributed by atoms with E-state index in [4.69, 9.17) is 10.5 Å². The summed E-state index contributed by atoms with van der Waals surface area (Å²) in [6.45, 7) is 3.18. The molecule has 1 aliphatic carbocycles. The smallest absolute Gasteiger partial charge is 0.245 e. The molecule has 0 unspecified atom stereocenters. The third-order valence-corrected chi connectivity index (χ3v) is 4.71. The molecule has 0 spiro atoms. The van der Waals surface area contributed by atoms with Gasteiger partial charge in [-0.15, -0.1) is 0 Å². The molecule has 0 amide bonds. The lowest BCUT2D eigenvalue weighted by Gasteiger charge is -2.28. The largest absolute Gasteiger partial charge is 0.479 e. The number of imidazole rings is 1.